The molecule has 1 aliphatic rings. The number of carbonyl (C=O) groups excluding carboxylic acids is 1. The molecular formula is C14H18FNO2. The lowest BCUT2D eigenvalue weighted by Crippen LogP contribution is -2.27. The Balaban J connectivity index is 2.56. The van der Waals surface area contributed by atoms with E-state index >= 15 is 0 Å². The van der Waals surface area contributed by atoms with Crippen molar-refractivity contribution in [2.45, 2.75) is 39.2 Å². The molecule has 1 atom stereocenters. The lowest BCUT2D eigenvalue weighted by molar-refractivity contribution is -0.119. The quantitative estimate of drug-likeness (QED) is 0.849. The Bertz CT molecular complexity index is 509. The van der Waals surface area contributed by atoms with E-state index in [1.807, 2.05) is 13.8 Å². The molecule has 0 aliphatic carbocycles. The molecule has 1 aromatic rings. The summed E-state index contributed by atoms with van der Waals surface area (Å²) >= 11 is 0. The van der Waals surface area contributed by atoms with E-state index in [9.17, 15) is 14.3 Å². The molecule has 0 fully saturated rings. The first-order valence-electron chi connectivity index (χ1n) is 6.08. The van der Waals surface area contributed by atoms with Crippen molar-refractivity contribution in [2.24, 2.45) is 5.92 Å². The van der Waals surface area contributed by atoms with E-state index in [-0.39, 0.29) is 17.5 Å². The lowest BCUT2D eigenvalue weighted by Gasteiger charge is -2.19. The van der Waals surface area contributed by atoms with Crippen LogP contribution in [-0.2, 0) is 10.2 Å². The molecule has 1 aliphatic heterocycles. The molecule has 0 radical (unpaired) electrons. The fourth-order valence-corrected chi connectivity index (χ4v) is 2.20. The highest BCUT2D eigenvalue weighted by molar-refractivity contribution is 6.05. The normalized spacial score (nSPS) is 18.7. The van der Waals surface area contributed by atoms with E-state index in [2.05, 4.69) is 5.32 Å². The zero-order valence-corrected chi connectivity index (χ0v) is 11.0. The van der Waals surface area contributed by atoms with Gasteiger partial charge in [-0.15, -0.1) is 0 Å². The smallest absolute Gasteiger partial charge is 0.234 e. The predicted octanol–water partition coefficient (Wildman–Crippen LogP) is 2.74. The number of fused-ring (bicyclic) bond motifs is 1. The summed E-state index contributed by atoms with van der Waals surface area (Å²) in [6.07, 6.45) is -0.726. The molecule has 1 amide bonds. The second kappa shape index (κ2) is 4.05. The molecule has 1 aromatic carbocycles. The minimum atomic E-state index is -0.761. The molecule has 98 valence electrons. The van der Waals surface area contributed by atoms with Gasteiger partial charge in [0, 0.05) is 0 Å². The number of rotatable bonds is 2. The Morgan fingerprint density at radius 3 is 2.50 bits per heavy atom. The summed E-state index contributed by atoms with van der Waals surface area (Å²) in [4.78, 5) is 11.8. The average molecular weight is 251 g/mol. The van der Waals surface area contributed by atoms with Crippen molar-refractivity contribution in [1.29, 1.82) is 0 Å². The number of carbonyl (C=O) groups is 1. The standard InChI is InChI=1S/C14H18FNO2/c1-7(2)12(17)8-5-9-11(10(15)6-8)16-13(18)14(9,3)4/h5-7,12,17H,1-4H3,(H,16,18). The summed E-state index contributed by atoms with van der Waals surface area (Å²) in [5.41, 5.74) is 0.612. The highest BCUT2D eigenvalue weighted by Crippen LogP contribution is 2.41. The third-order valence-electron chi connectivity index (χ3n) is 3.57. The van der Waals surface area contributed by atoms with E-state index in [1.165, 1.54) is 6.07 Å². The van der Waals surface area contributed by atoms with Crippen LogP contribution in [0.25, 0.3) is 0 Å². The topological polar surface area (TPSA) is 49.3 Å². The fraction of sp³-hybridized carbons (Fsp3) is 0.500. The third kappa shape index (κ3) is 1.81. The van der Waals surface area contributed by atoms with Crippen LogP contribution in [0.3, 0.4) is 0 Å². The van der Waals surface area contributed by atoms with Gasteiger partial charge in [0.1, 0.15) is 5.82 Å². The molecule has 0 aromatic heterocycles. The van der Waals surface area contributed by atoms with Crippen molar-refractivity contribution in [2.75, 3.05) is 5.32 Å². The van der Waals surface area contributed by atoms with Gasteiger partial charge in [-0.2, -0.15) is 0 Å². The van der Waals surface area contributed by atoms with Crippen molar-refractivity contribution < 1.29 is 14.3 Å². The first kappa shape index (κ1) is 13.0. The first-order valence-corrected chi connectivity index (χ1v) is 6.08. The molecular weight excluding hydrogens is 233 g/mol. The summed E-state index contributed by atoms with van der Waals surface area (Å²) in [7, 11) is 0. The monoisotopic (exact) mass is 251 g/mol. The van der Waals surface area contributed by atoms with Crippen LogP contribution in [0.4, 0.5) is 10.1 Å². The number of benzene rings is 1. The zero-order chi connectivity index (χ0) is 13.7. The SMILES string of the molecule is CC(C)C(O)c1cc(F)c2c(c1)C(C)(C)C(=O)N2. The molecule has 3 nitrogen and oxygen atoms in total. The molecule has 0 bridgehead atoms. The van der Waals surface area contributed by atoms with Crippen LogP contribution in [0.15, 0.2) is 12.1 Å². The van der Waals surface area contributed by atoms with Crippen LogP contribution in [0, 0.1) is 11.7 Å². The van der Waals surface area contributed by atoms with E-state index in [1.54, 1.807) is 19.9 Å². The van der Waals surface area contributed by atoms with Gasteiger partial charge in [-0.1, -0.05) is 13.8 Å². The molecule has 4 heteroatoms. The summed E-state index contributed by atoms with van der Waals surface area (Å²) in [5.74, 6) is -0.704. The van der Waals surface area contributed by atoms with Crippen LogP contribution in [0.2, 0.25) is 0 Å². The number of aliphatic hydroxyl groups excluding tert-OH is 1. The van der Waals surface area contributed by atoms with Gasteiger partial charge in [0.05, 0.1) is 17.2 Å². The third-order valence-corrected chi connectivity index (χ3v) is 3.57. The highest BCUT2D eigenvalue weighted by atomic mass is 19.1. The van der Waals surface area contributed by atoms with E-state index < -0.39 is 17.3 Å². The molecule has 0 saturated heterocycles. The fourth-order valence-electron chi connectivity index (χ4n) is 2.20. The molecule has 0 saturated carbocycles. The second-order valence-corrected chi connectivity index (χ2v) is 5.69. The van der Waals surface area contributed by atoms with Crippen LogP contribution >= 0.6 is 0 Å². The van der Waals surface area contributed by atoms with Gasteiger partial charge in [0.2, 0.25) is 5.91 Å². The van der Waals surface area contributed by atoms with E-state index in [0.717, 1.165) is 0 Å². The van der Waals surface area contributed by atoms with Crippen LogP contribution < -0.4 is 5.32 Å². The van der Waals surface area contributed by atoms with Crippen molar-refractivity contribution in [3.8, 4) is 0 Å². The maximum Gasteiger partial charge on any atom is 0.234 e. The Hall–Kier alpha value is -1.42. The minimum Gasteiger partial charge on any atom is -0.388 e. The second-order valence-electron chi connectivity index (χ2n) is 5.69. The molecule has 2 rings (SSSR count). The molecule has 1 heterocycles. The molecule has 0 spiro atoms. The van der Waals surface area contributed by atoms with E-state index in [0.29, 0.717) is 11.1 Å². The Morgan fingerprint density at radius 2 is 1.94 bits per heavy atom. The first-order chi connectivity index (χ1) is 8.25. The van der Waals surface area contributed by atoms with Crippen molar-refractivity contribution in [3.05, 3.63) is 29.1 Å². The largest absolute Gasteiger partial charge is 0.388 e. The van der Waals surface area contributed by atoms with Crippen LogP contribution in [0.1, 0.15) is 44.9 Å². The Labute approximate surface area is 106 Å². The van der Waals surface area contributed by atoms with E-state index in [4.69, 9.17) is 0 Å². The minimum absolute atomic E-state index is 0.00405. The van der Waals surface area contributed by atoms with Gasteiger partial charge in [0.15, 0.2) is 0 Å². The number of anilines is 1. The summed E-state index contributed by atoms with van der Waals surface area (Å²) in [6.45, 7) is 7.23. The molecule has 18 heavy (non-hydrogen) atoms. The summed E-state index contributed by atoms with van der Waals surface area (Å²) in [5, 5.41) is 12.6. The number of amides is 1. The Kier molecular flexibility index (Phi) is 2.93. The Morgan fingerprint density at radius 1 is 1.33 bits per heavy atom. The number of nitrogens with one attached hydrogen (secondary N) is 1. The van der Waals surface area contributed by atoms with Gasteiger partial charge in [0.25, 0.3) is 0 Å². The van der Waals surface area contributed by atoms with Gasteiger partial charge in [-0.05, 0) is 43.0 Å². The summed E-state index contributed by atoms with van der Waals surface area (Å²) in [6, 6.07) is 3.02. The van der Waals surface area contributed by atoms with Gasteiger partial charge in [-0.3, -0.25) is 4.79 Å². The number of hydrogen-bond acceptors (Lipinski definition) is 2. The zero-order valence-electron chi connectivity index (χ0n) is 11.0. The maximum atomic E-state index is 14.0. The van der Waals surface area contributed by atoms with Crippen molar-refractivity contribution >= 4 is 11.6 Å². The van der Waals surface area contributed by atoms with Gasteiger partial charge < -0.3 is 10.4 Å². The average Bonchev–Trinajstić information content (AvgIpc) is 2.51. The lowest BCUT2D eigenvalue weighted by atomic mass is 9.84. The van der Waals surface area contributed by atoms with Gasteiger partial charge >= 0.3 is 0 Å². The summed E-state index contributed by atoms with van der Waals surface area (Å²) < 4.78 is 14.0. The van der Waals surface area contributed by atoms with Crippen LogP contribution in [0.5, 0.6) is 0 Å². The molecule has 2 N–H and O–H groups in total. The van der Waals surface area contributed by atoms with Crippen molar-refractivity contribution in [3.63, 3.8) is 0 Å². The van der Waals surface area contributed by atoms with Crippen LogP contribution in [-0.4, -0.2) is 11.0 Å². The predicted molar refractivity (Wildman–Crippen MR) is 67.9 cm³/mol. The number of hydrogen-bond donors (Lipinski definition) is 2. The van der Waals surface area contributed by atoms with Gasteiger partial charge in [-0.25, -0.2) is 4.39 Å². The highest BCUT2D eigenvalue weighted by Gasteiger charge is 2.40. The number of halogens is 1. The molecule has 1 unspecified atom stereocenters. The number of aliphatic hydroxyl groups is 1. The van der Waals surface area contributed by atoms with Crippen molar-refractivity contribution in [1.82, 2.24) is 0 Å². The maximum absolute atomic E-state index is 14.0.